The summed E-state index contributed by atoms with van der Waals surface area (Å²) in [5, 5.41) is 3.82. The molecule has 1 aliphatic heterocycles. The van der Waals surface area contributed by atoms with Crippen molar-refractivity contribution in [3.05, 3.63) is 0 Å². The molecule has 1 saturated carbocycles. The second-order valence-electron chi connectivity index (χ2n) is 7.98. The molecule has 2 heteroatoms. The average molecular weight is 281 g/mol. The molecular weight excluding hydrogens is 244 g/mol. The van der Waals surface area contributed by atoms with E-state index in [-0.39, 0.29) is 0 Å². The van der Waals surface area contributed by atoms with Crippen LogP contribution in [0.2, 0.25) is 0 Å². The maximum absolute atomic E-state index is 3.82. The summed E-state index contributed by atoms with van der Waals surface area (Å²) in [5.41, 5.74) is 0. The van der Waals surface area contributed by atoms with Gasteiger partial charge in [-0.1, -0.05) is 47.5 Å². The summed E-state index contributed by atoms with van der Waals surface area (Å²) < 4.78 is 0. The quantitative estimate of drug-likeness (QED) is 0.760. The van der Waals surface area contributed by atoms with Gasteiger partial charge in [-0.2, -0.15) is 0 Å². The van der Waals surface area contributed by atoms with E-state index in [9.17, 15) is 0 Å². The van der Waals surface area contributed by atoms with E-state index >= 15 is 0 Å². The van der Waals surface area contributed by atoms with Gasteiger partial charge in [0.2, 0.25) is 0 Å². The lowest BCUT2D eigenvalue weighted by Gasteiger charge is -2.47. The van der Waals surface area contributed by atoms with Crippen LogP contribution in [-0.2, 0) is 0 Å². The first-order valence-corrected chi connectivity index (χ1v) is 9.00. The lowest BCUT2D eigenvalue weighted by molar-refractivity contribution is 0.0432. The average Bonchev–Trinajstić information content (AvgIpc) is 3.18. The molecule has 0 aromatic rings. The highest BCUT2D eigenvalue weighted by atomic mass is 15.3. The van der Waals surface area contributed by atoms with Crippen LogP contribution in [0, 0.1) is 17.8 Å². The van der Waals surface area contributed by atoms with Gasteiger partial charge in [0.05, 0.1) is 0 Å². The molecule has 2 rings (SSSR count). The van der Waals surface area contributed by atoms with Crippen LogP contribution in [-0.4, -0.2) is 36.1 Å². The van der Waals surface area contributed by atoms with Crippen LogP contribution in [0.5, 0.6) is 0 Å². The van der Waals surface area contributed by atoms with E-state index in [1.807, 2.05) is 0 Å². The third-order valence-corrected chi connectivity index (χ3v) is 5.24. The Bertz CT molecular complexity index is 283. The number of nitrogens with one attached hydrogen (secondary N) is 1. The van der Waals surface area contributed by atoms with E-state index in [4.69, 9.17) is 0 Å². The second kappa shape index (κ2) is 7.26. The van der Waals surface area contributed by atoms with E-state index in [2.05, 4.69) is 44.8 Å². The third kappa shape index (κ3) is 4.46. The number of piperazine rings is 1. The van der Waals surface area contributed by atoms with Gasteiger partial charge >= 0.3 is 0 Å². The molecular formula is C18H36N2. The molecule has 1 aliphatic carbocycles. The maximum Gasteiger partial charge on any atom is 0.0247 e. The Morgan fingerprint density at radius 3 is 2.30 bits per heavy atom. The van der Waals surface area contributed by atoms with E-state index < -0.39 is 0 Å². The van der Waals surface area contributed by atoms with Crippen LogP contribution >= 0.6 is 0 Å². The fourth-order valence-corrected chi connectivity index (χ4v) is 3.90. The molecule has 2 fully saturated rings. The van der Waals surface area contributed by atoms with Gasteiger partial charge in [0.15, 0.2) is 0 Å². The summed E-state index contributed by atoms with van der Waals surface area (Å²) in [6, 6.07) is 2.27. The van der Waals surface area contributed by atoms with Gasteiger partial charge < -0.3 is 5.32 Å². The molecule has 3 unspecified atom stereocenters. The van der Waals surface area contributed by atoms with Gasteiger partial charge in [0.25, 0.3) is 0 Å². The zero-order chi connectivity index (χ0) is 14.7. The summed E-state index contributed by atoms with van der Waals surface area (Å²) in [4.78, 5) is 2.88. The Morgan fingerprint density at radius 2 is 1.80 bits per heavy atom. The zero-order valence-electron chi connectivity index (χ0n) is 14.4. The van der Waals surface area contributed by atoms with Gasteiger partial charge in [-0.3, -0.25) is 4.90 Å². The molecule has 1 saturated heterocycles. The van der Waals surface area contributed by atoms with Crippen molar-refractivity contribution in [3.63, 3.8) is 0 Å². The number of rotatable bonds is 7. The Hall–Kier alpha value is -0.0800. The molecule has 2 nitrogen and oxygen atoms in total. The SMILES string of the molecule is CCC(CC1CC1)N1CC(CC(C)C)NCC1C(C)C. The molecule has 20 heavy (non-hydrogen) atoms. The first-order chi connectivity index (χ1) is 9.51. The van der Waals surface area contributed by atoms with Crippen LogP contribution in [0.25, 0.3) is 0 Å². The largest absolute Gasteiger partial charge is 0.311 e. The Kier molecular flexibility index (Phi) is 5.92. The van der Waals surface area contributed by atoms with Gasteiger partial charge in [-0.25, -0.2) is 0 Å². The lowest BCUT2D eigenvalue weighted by atomic mass is 9.91. The summed E-state index contributed by atoms with van der Waals surface area (Å²) >= 11 is 0. The molecule has 2 aliphatic rings. The second-order valence-corrected chi connectivity index (χ2v) is 7.98. The van der Waals surface area contributed by atoms with Crippen molar-refractivity contribution < 1.29 is 0 Å². The van der Waals surface area contributed by atoms with Crippen molar-refractivity contribution >= 4 is 0 Å². The Labute approximate surface area is 126 Å². The highest BCUT2D eigenvalue weighted by Gasteiger charge is 2.36. The molecule has 0 bridgehead atoms. The monoisotopic (exact) mass is 280 g/mol. The molecule has 1 N–H and O–H groups in total. The minimum atomic E-state index is 0.707. The minimum absolute atomic E-state index is 0.707. The summed E-state index contributed by atoms with van der Waals surface area (Å²) in [6.07, 6.45) is 7.08. The van der Waals surface area contributed by atoms with Crippen LogP contribution in [0.15, 0.2) is 0 Å². The summed E-state index contributed by atoms with van der Waals surface area (Å²) in [7, 11) is 0. The van der Waals surface area contributed by atoms with Crippen molar-refractivity contribution in [2.45, 2.75) is 84.8 Å². The van der Waals surface area contributed by atoms with Crippen molar-refractivity contribution in [3.8, 4) is 0 Å². The Morgan fingerprint density at radius 1 is 1.10 bits per heavy atom. The summed E-state index contributed by atoms with van der Waals surface area (Å²) in [5.74, 6) is 2.61. The normalized spacial score (nSPS) is 30.1. The van der Waals surface area contributed by atoms with Crippen molar-refractivity contribution in [1.29, 1.82) is 0 Å². The fourth-order valence-electron chi connectivity index (χ4n) is 3.90. The molecule has 0 radical (unpaired) electrons. The smallest absolute Gasteiger partial charge is 0.0247 e. The number of nitrogens with zero attached hydrogens (tertiary/aromatic N) is 1. The molecule has 3 atom stereocenters. The van der Waals surface area contributed by atoms with E-state index in [0.29, 0.717) is 6.04 Å². The van der Waals surface area contributed by atoms with Gasteiger partial charge in [-0.05, 0) is 37.0 Å². The van der Waals surface area contributed by atoms with Crippen molar-refractivity contribution in [1.82, 2.24) is 10.2 Å². The minimum Gasteiger partial charge on any atom is -0.311 e. The Balaban J connectivity index is 2.00. The van der Waals surface area contributed by atoms with Crippen molar-refractivity contribution in [2.75, 3.05) is 13.1 Å². The van der Waals surface area contributed by atoms with Gasteiger partial charge in [-0.15, -0.1) is 0 Å². The molecule has 0 aromatic carbocycles. The lowest BCUT2D eigenvalue weighted by Crippen LogP contribution is -2.61. The maximum atomic E-state index is 3.82. The molecule has 0 spiro atoms. The first kappa shape index (κ1) is 16.3. The predicted octanol–water partition coefficient (Wildman–Crippen LogP) is 3.91. The topological polar surface area (TPSA) is 15.3 Å². The molecule has 0 amide bonds. The molecule has 1 heterocycles. The van der Waals surface area contributed by atoms with Crippen LogP contribution in [0.1, 0.15) is 66.7 Å². The standard InChI is InChI=1S/C18H36N2/c1-6-17(10-15-7-8-15)20-12-16(9-13(2)3)19-11-18(20)14(4)5/h13-19H,6-12H2,1-5H3. The van der Waals surface area contributed by atoms with Crippen LogP contribution in [0.3, 0.4) is 0 Å². The van der Waals surface area contributed by atoms with E-state index in [1.165, 1.54) is 45.2 Å². The van der Waals surface area contributed by atoms with Crippen LogP contribution in [0.4, 0.5) is 0 Å². The van der Waals surface area contributed by atoms with Crippen LogP contribution < -0.4 is 5.32 Å². The number of hydrogen-bond donors (Lipinski definition) is 1. The first-order valence-electron chi connectivity index (χ1n) is 9.00. The highest BCUT2D eigenvalue weighted by Crippen LogP contribution is 2.36. The highest BCUT2D eigenvalue weighted by molar-refractivity contribution is 4.93. The van der Waals surface area contributed by atoms with Crippen molar-refractivity contribution in [2.24, 2.45) is 17.8 Å². The van der Waals surface area contributed by atoms with Gasteiger partial charge in [0, 0.05) is 31.2 Å². The third-order valence-electron chi connectivity index (χ3n) is 5.24. The van der Waals surface area contributed by atoms with E-state index in [0.717, 1.165) is 29.8 Å². The predicted molar refractivity (Wildman–Crippen MR) is 88.0 cm³/mol. The molecule has 118 valence electrons. The zero-order valence-corrected chi connectivity index (χ0v) is 14.4. The number of hydrogen-bond acceptors (Lipinski definition) is 2. The van der Waals surface area contributed by atoms with Gasteiger partial charge in [0.1, 0.15) is 0 Å². The fraction of sp³-hybridized carbons (Fsp3) is 1.00. The summed E-state index contributed by atoms with van der Waals surface area (Å²) in [6.45, 7) is 14.3. The van der Waals surface area contributed by atoms with E-state index in [1.54, 1.807) is 0 Å². The molecule has 0 aromatic heterocycles.